The average Bonchev–Trinajstić information content (AvgIpc) is 2.84. The number of carbonyl (C=O) groups is 1. The van der Waals surface area contributed by atoms with Gasteiger partial charge in [0.2, 0.25) is 0 Å². The van der Waals surface area contributed by atoms with Gasteiger partial charge in [0.15, 0.2) is 6.29 Å². The minimum Gasteiger partial charge on any atom is -0.461 e. The number of allylic oxidation sites excluding steroid dienone is 3. The Morgan fingerprint density at radius 3 is 2.88 bits per heavy atom. The van der Waals surface area contributed by atoms with Gasteiger partial charge in [0, 0.05) is 33.2 Å². The standard InChI is InChI=1S/C19H29NO4/c1-12-6-5-7-19(2)9-16-13(8-15(12)19)14(18(21)24-16)10-20-11-17(22-3)23-4/h6,8,13-14,16-17,20H,5,7,9-11H2,1-4H3. The monoisotopic (exact) mass is 335 g/mol. The largest absolute Gasteiger partial charge is 0.461 e. The van der Waals surface area contributed by atoms with Crippen LogP contribution < -0.4 is 5.32 Å². The Hall–Kier alpha value is -1.17. The molecule has 24 heavy (non-hydrogen) atoms. The minimum atomic E-state index is -0.297. The topological polar surface area (TPSA) is 56.8 Å². The molecule has 0 aromatic heterocycles. The molecule has 3 rings (SSSR count). The molecule has 0 aromatic rings. The second-order valence-electron chi connectivity index (χ2n) is 7.49. The zero-order chi connectivity index (χ0) is 17.3. The van der Waals surface area contributed by atoms with Crippen molar-refractivity contribution >= 4 is 5.97 Å². The van der Waals surface area contributed by atoms with Crippen LogP contribution in [-0.4, -0.2) is 45.7 Å². The van der Waals surface area contributed by atoms with E-state index >= 15 is 0 Å². The van der Waals surface area contributed by atoms with Gasteiger partial charge in [-0.3, -0.25) is 4.79 Å². The molecule has 3 aliphatic rings. The first-order valence-corrected chi connectivity index (χ1v) is 8.85. The molecule has 1 aliphatic heterocycles. The third kappa shape index (κ3) is 3.17. The Kier molecular flexibility index (Phi) is 5.13. The molecular weight excluding hydrogens is 306 g/mol. The number of rotatable bonds is 6. The lowest BCUT2D eigenvalue weighted by Crippen LogP contribution is -2.39. The predicted molar refractivity (Wildman–Crippen MR) is 91.3 cm³/mol. The van der Waals surface area contributed by atoms with Gasteiger partial charge >= 0.3 is 5.97 Å². The molecule has 0 radical (unpaired) electrons. The second kappa shape index (κ2) is 6.98. The van der Waals surface area contributed by atoms with E-state index in [0.717, 1.165) is 19.3 Å². The summed E-state index contributed by atoms with van der Waals surface area (Å²) in [6, 6.07) is 0. The molecule has 134 valence electrons. The van der Waals surface area contributed by atoms with Crippen LogP contribution in [-0.2, 0) is 19.0 Å². The van der Waals surface area contributed by atoms with E-state index < -0.39 is 0 Å². The molecule has 1 heterocycles. The quantitative estimate of drug-likeness (QED) is 0.597. The van der Waals surface area contributed by atoms with Crippen LogP contribution in [0.15, 0.2) is 23.3 Å². The highest BCUT2D eigenvalue weighted by molar-refractivity contribution is 5.76. The lowest BCUT2D eigenvalue weighted by molar-refractivity contribution is -0.145. The maximum atomic E-state index is 12.4. The average molecular weight is 335 g/mol. The van der Waals surface area contributed by atoms with Crippen molar-refractivity contribution < 1.29 is 19.0 Å². The van der Waals surface area contributed by atoms with E-state index in [1.807, 2.05) is 0 Å². The molecule has 5 heteroatoms. The molecule has 1 N–H and O–H groups in total. The van der Waals surface area contributed by atoms with Crippen LogP contribution in [0.4, 0.5) is 0 Å². The van der Waals surface area contributed by atoms with Crippen LogP contribution in [0.2, 0.25) is 0 Å². The van der Waals surface area contributed by atoms with E-state index in [2.05, 4.69) is 31.3 Å². The molecule has 0 spiro atoms. The summed E-state index contributed by atoms with van der Waals surface area (Å²) >= 11 is 0. The third-order valence-corrected chi connectivity index (χ3v) is 5.90. The van der Waals surface area contributed by atoms with Crippen LogP contribution in [0.5, 0.6) is 0 Å². The van der Waals surface area contributed by atoms with Gasteiger partial charge in [-0.15, -0.1) is 0 Å². The van der Waals surface area contributed by atoms with E-state index in [1.54, 1.807) is 14.2 Å². The summed E-state index contributed by atoms with van der Waals surface area (Å²) in [5.74, 6) is -0.0428. The SMILES string of the molecule is COC(CNCC1C(=O)OC2CC3(C)CCC=C(C)C3=CC21)OC. The van der Waals surface area contributed by atoms with Gasteiger partial charge in [-0.05, 0) is 37.2 Å². The van der Waals surface area contributed by atoms with Crippen LogP contribution >= 0.6 is 0 Å². The van der Waals surface area contributed by atoms with Crippen LogP contribution in [0.25, 0.3) is 0 Å². The molecule has 4 unspecified atom stereocenters. The molecule has 0 bridgehead atoms. The fraction of sp³-hybridized carbons (Fsp3) is 0.737. The summed E-state index contributed by atoms with van der Waals surface area (Å²) in [4.78, 5) is 12.4. The van der Waals surface area contributed by atoms with E-state index in [9.17, 15) is 4.79 Å². The molecule has 0 saturated carbocycles. The van der Waals surface area contributed by atoms with Crippen molar-refractivity contribution in [2.45, 2.75) is 45.5 Å². The molecular formula is C19H29NO4. The Balaban J connectivity index is 1.72. The van der Waals surface area contributed by atoms with Gasteiger partial charge in [-0.2, -0.15) is 0 Å². The van der Waals surface area contributed by atoms with Crippen LogP contribution in [0.3, 0.4) is 0 Å². The highest BCUT2D eigenvalue weighted by atomic mass is 16.7. The fourth-order valence-corrected chi connectivity index (χ4v) is 4.48. The Morgan fingerprint density at radius 2 is 2.17 bits per heavy atom. The number of hydrogen-bond donors (Lipinski definition) is 1. The molecule has 5 nitrogen and oxygen atoms in total. The number of methoxy groups -OCH3 is 2. The van der Waals surface area contributed by atoms with Crippen molar-refractivity contribution in [3.63, 3.8) is 0 Å². The summed E-state index contributed by atoms with van der Waals surface area (Å²) in [6.45, 7) is 5.65. The van der Waals surface area contributed by atoms with E-state index in [0.29, 0.717) is 13.1 Å². The van der Waals surface area contributed by atoms with Crippen molar-refractivity contribution in [1.82, 2.24) is 5.32 Å². The van der Waals surface area contributed by atoms with E-state index in [1.165, 1.54) is 11.1 Å². The third-order valence-electron chi connectivity index (χ3n) is 5.90. The Morgan fingerprint density at radius 1 is 1.42 bits per heavy atom. The van der Waals surface area contributed by atoms with Gasteiger partial charge in [0.25, 0.3) is 0 Å². The van der Waals surface area contributed by atoms with Crippen LogP contribution in [0, 0.1) is 17.3 Å². The number of esters is 1. The number of nitrogens with one attached hydrogen (secondary N) is 1. The lowest BCUT2D eigenvalue weighted by Gasteiger charge is -2.42. The zero-order valence-corrected chi connectivity index (χ0v) is 15.1. The first-order chi connectivity index (χ1) is 11.5. The molecule has 4 atom stereocenters. The van der Waals surface area contributed by atoms with E-state index in [-0.39, 0.29) is 35.6 Å². The number of ether oxygens (including phenoxy) is 3. The Bertz CT molecular complexity index is 552. The first kappa shape index (κ1) is 17.6. The summed E-state index contributed by atoms with van der Waals surface area (Å²) in [7, 11) is 3.22. The first-order valence-electron chi connectivity index (χ1n) is 8.85. The highest BCUT2D eigenvalue weighted by Crippen LogP contribution is 2.52. The van der Waals surface area contributed by atoms with Gasteiger partial charge in [0.1, 0.15) is 6.10 Å². The normalized spacial score (nSPS) is 35.2. The maximum Gasteiger partial charge on any atom is 0.311 e. The van der Waals surface area contributed by atoms with Crippen LogP contribution in [0.1, 0.15) is 33.1 Å². The van der Waals surface area contributed by atoms with Crippen molar-refractivity contribution in [2.24, 2.45) is 17.3 Å². The summed E-state index contributed by atoms with van der Waals surface area (Å²) < 4.78 is 16.1. The molecule has 0 amide bonds. The van der Waals surface area contributed by atoms with Crippen molar-refractivity contribution in [1.29, 1.82) is 0 Å². The number of fused-ring (bicyclic) bond motifs is 2. The Labute approximate surface area is 144 Å². The predicted octanol–water partition coefficient (Wildman–Crippen LogP) is 2.43. The smallest absolute Gasteiger partial charge is 0.311 e. The zero-order valence-electron chi connectivity index (χ0n) is 15.1. The van der Waals surface area contributed by atoms with Gasteiger partial charge in [-0.25, -0.2) is 0 Å². The van der Waals surface area contributed by atoms with Crippen molar-refractivity contribution in [3.8, 4) is 0 Å². The highest BCUT2D eigenvalue weighted by Gasteiger charge is 2.50. The van der Waals surface area contributed by atoms with Crippen molar-refractivity contribution in [3.05, 3.63) is 23.3 Å². The van der Waals surface area contributed by atoms with E-state index in [4.69, 9.17) is 14.2 Å². The second-order valence-corrected chi connectivity index (χ2v) is 7.49. The molecule has 0 aromatic carbocycles. The lowest BCUT2D eigenvalue weighted by atomic mass is 9.62. The summed E-state index contributed by atoms with van der Waals surface area (Å²) in [5, 5.41) is 3.29. The summed E-state index contributed by atoms with van der Waals surface area (Å²) in [6.07, 6.45) is 7.56. The van der Waals surface area contributed by atoms with Gasteiger partial charge in [-0.1, -0.05) is 24.6 Å². The molecule has 2 aliphatic carbocycles. The van der Waals surface area contributed by atoms with Gasteiger partial charge < -0.3 is 19.5 Å². The summed E-state index contributed by atoms with van der Waals surface area (Å²) in [5.41, 5.74) is 2.94. The number of hydrogen-bond acceptors (Lipinski definition) is 5. The molecule has 1 saturated heterocycles. The number of carbonyl (C=O) groups excluding carboxylic acids is 1. The van der Waals surface area contributed by atoms with Crippen molar-refractivity contribution in [2.75, 3.05) is 27.3 Å². The minimum absolute atomic E-state index is 0.0181. The van der Waals surface area contributed by atoms with Gasteiger partial charge in [0.05, 0.1) is 5.92 Å². The molecule has 1 fully saturated rings. The fourth-order valence-electron chi connectivity index (χ4n) is 4.48. The maximum absolute atomic E-state index is 12.4.